The van der Waals surface area contributed by atoms with Gasteiger partial charge in [-0.1, -0.05) is 30.3 Å². The molecule has 6 nitrogen and oxygen atoms in total. The molecule has 1 rings (SSSR count). The Balaban J connectivity index is 2.38. The van der Waals surface area contributed by atoms with Gasteiger partial charge in [-0.3, -0.25) is 4.79 Å². The zero-order chi connectivity index (χ0) is 14.8. The maximum atomic E-state index is 11.6. The molecule has 0 aliphatic heterocycles. The summed E-state index contributed by atoms with van der Waals surface area (Å²) in [5.41, 5.74) is 0.863. The third kappa shape index (κ3) is 6.75. The second kappa shape index (κ2) is 8.92. The highest BCUT2D eigenvalue weighted by Gasteiger charge is 2.16. The number of ether oxygens (including phenoxy) is 2. The number of carboxylic acids is 1. The normalized spacial score (nSPS) is 11.7. The predicted molar refractivity (Wildman–Crippen MR) is 72.3 cm³/mol. The van der Waals surface area contributed by atoms with E-state index in [0.717, 1.165) is 5.56 Å². The molecule has 0 saturated carbocycles. The van der Waals surface area contributed by atoms with Crippen LogP contribution in [-0.4, -0.2) is 36.4 Å². The van der Waals surface area contributed by atoms with Crippen molar-refractivity contribution >= 4 is 12.1 Å². The van der Waals surface area contributed by atoms with Crippen molar-refractivity contribution in [2.45, 2.75) is 26.0 Å². The Labute approximate surface area is 117 Å². The Morgan fingerprint density at radius 3 is 2.60 bits per heavy atom. The largest absolute Gasteiger partial charge is 0.481 e. The van der Waals surface area contributed by atoms with Crippen LogP contribution in [0.1, 0.15) is 18.9 Å². The zero-order valence-electron chi connectivity index (χ0n) is 11.4. The second-order valence-electron chi connectivity index (χ2n) is 4.16. The van der Waals surface area contributed by atoms with Crippen LogP contribution in [0.5, 0.6) is 0 Å². The summed E-state index contributed by atoms with van der Waals surface area (Å²) < 4.78 is 10.1. The third-order valence-corrected chi connectivity index (χ3v) is 2.48. The number of nitrogens with one attached hydrogen (secondary N) is 1. The van der Waals surface area contributed by atoms with Gasteiger partial charge in [0, 0.05) is 6.61 Å². The lowest BCUT2D eigenvalue weighted by molar-refractivity contribution is -0.137. The number of aliphatic carboxylic acids is 1. The Bertz CT molecular complexity index is 421. The molecule has 1 aromatic rings. The van der Waals surface area contributed by atoms with E-state index >= 15 is 0 Å². The smallest absolute Gasteiger partial charge is 0.407 e. The van der Waals surface area contributed by atoms with Crippen molar-refractivity contribution in [3.05, 3.63) is 35.9 Å². The van der Waals surface area contributed by atoms with E-state index in [0.29, 0.717) is 6.61 Å². The van der Waals surface area contributed by atoms with Gasteiger partial charge in [-0.25, -0.2) is 4.79 Å². The highest BCUT2D eigenvalue weighted by Crippen LogP contribution is 2.01. The van der Waals surface area contributed by atoms with Crippen molar-refractivity contribution in [2.75, 3.05) is 13.2 Å². The van der Waals surface area contributed by atoms with Crippen molar-refractivity contribution < 1.29 is 24.2 Å². The Hall–Kier alpha value is -2.08. The van der Waals surface area contributed by atoms with E-state index in [1.807, 2.05) is 30.3 Å². The van der Waals surface area contributed by atoms with Gasteiger partial charge in [0.15, 0.2) is 0 Å². The topological polar surface area (TPSA) is 84.9 Å². The maximum Gasteiger partial charge on any atom is 0.407 e. The number of amides is 1. The molecule has 0 bridgehead atoms. The van der Waals surface area contributed by atoms with Gasteiger partial charge in [-0.15, -0.1) is 0 Å². The van der Waals surface area contributed by atoms with Crippen LogP contribution < -0.4 is 5.32 Å². The summed E-state index contributed by atoms with van der Waals surface area (Å²) in [6.45, 7) is 2.53. The van der Waals surface area contributed by atoms with Crippen LogP contribution in [0, 0.1) is 0 Å². The molecule has 0 heterocycles. The number of benzene rings is 1. The fraction of sp³-hybridized carbons (Fsp3) is 0.429. The first-order chi connectivity index (χ1) is 9.61. The Morgan fingerprint density at radius 2 is 2.00 bits per heavy atom. The Morgan fingerprint density at radius 1 is 1.30 bits per heavy atom. The lowest BCUT2D eigenvalue weighted by atomic mass is 10.2. The summed E-state index contributed by atoms with van der Waals surface area (Å²) in [4.78, 5) is 22.3. The molecular formula is C14H19NO5. The molecule has 0 saturated heterocycles. The van der Waals surface area contributed by atoms with Crippen LogP contribution in [0.25, 0.3) is 0 Å². The van der Waals surface area contributed by atoms with E-state index in [-0.39, 0.29) is 19.6 Å². The van der Waals surface area contributed by atoms with Crippen LogP contribution in [0.15, 0.2) is 30.3 Å². The predicted octanol–water partition coefficient (Wildman–Crippen LogP) is 1.79. The van der Waals surface area contributed by atoms with E-state index in [9.17, 15) is 9.59 Å². The summed E-state index contributed by atoms with van der Waals surface area (Å²) in [6.07, 6.45) is -0.861. The van der Waals surface area contributed by atoms with Crippen LogP contribution in [0.3, 0.4) is 0 Å². The molecule has 110 valence electrons. The Kier molecular flexibility index (Phi) is 7.13. The van der Waals surface area contributed by atoms with E-state index in [2.05, 4.69) is 5.32 Å². The molecular weight excluding hydrogens is 262 g/mol. The highest BCUT2D eigenvalue weighted by atomic mass is 16.5. The van der Waals surface area contributed by atoms with Gasteiger partial charge in [-0.05, 0) is 12.5 Å². The van der Waals surface area contributed by atoms with Crippen molar-refractivity contribution in [1.82, 2.24) is 5.32 Å². The van der Waals surface area contributed by atoms with E-state index in [1.54, 1.807) is 6.92 Å². The minimum atomic E-state index is -1.00. The van der Waals surface area contributed by atoms with Crippen molar-refractivity contribution in [3.8, 4) is 0 Å². The number of carboxylic acid groups (broad SMARTS) is 1. The van der Waals surface area contributed by atoms with E-state index in [1.165, 1.54) is 0 Å². The molecule has 0 unspecified atom stereocenters. The van der Waals surface area contributed by atoms with Crippen molar-refractivity contribution in [1.29, 1.82) is 0 Å². The summed E-state index contributed by atoms with van der Waals surface area (Å²) in [5, 5.41) is 11.2. The number of hydrogen-bond donors (Lipinski definition) is 2. The average molecular weight is 281 g/mol. The van der Waals surface area contributed by atoms with Crippen LogP contribution in [-0.2, 0) is 20.9 Å². The molecule has 1 aromatic carbocycles. The molecule has 1 amide bonds. The monoisotopic (exact) mass is 281 g/mol. The number of carbonyl (C=O) groups is 2. The van der Waals surface area contributed by atoms with Gasteiger partial charge in [0.2, 0.25) is 0 Å². The molecule has 2 N–H and O–H groups in total. The summed E-state index contributed by atoms with van der Waals surface area (Å²) in [6, 6.07) is 8.63. The van der Waals surface area contributed by atoms with E-state index < -0.39 is 18.1 Å². The number of hydrogen-bond acceptors (Lipinski definition) is 4. The fourth-order valence-electron chi connectivity index (χ4n) is 1.55. The molecule has 20 heavy (non-hydrogen) atoms. The number of rotatable bonds is 8. The second-order valence-corrected chi connectivity index (χ2v) is 4.16. The molecule has 0 spiro atoms. The standard InChI is InChI=1S/C14H19NO5/c1-2-19-10-12(8-13(16)17)15-14(18)20-9-11-6-4-3-5-7-11/h3-7,12H,2,8-10H2,1H3,(H,15,18)(H,16,17)/t12-/m0/s1. The molecule has 6 heteroatoms. The summed E-state index contributed by atoms with van der Waals surface area (Å²) in [5.74, 6) is -1.00. The van der Waals surface area contributed by atoms with Gasteiger partial charge < -0.3 is 19.9 Å². The molecule has 1 atom stereocenters. The maximum absolute atomic E-state index is 11.6. The molecule has 0 aliphatic carbocycles. The van der Waals surface area contributed by atoms with Gasteiger partial charge in [0.05, 0.1) is 19.1 Å². The highest BCUT2D eigenvalue weighted by molar-refractivity contribution is 5.71. The first-order valence-electron chi connectivity index (χ1n) is 6.38. The first-order valence-corrected chi connectivity index (χ1v) is 6.38. The average Bonchev–Trinajstić information content (AvgIpc) is 2.43. The SMILES string of the molecule is CCOC[C@H](CC(=O)O)NC(=O)OCc1ccccc1. The van der Waals surface area contributed by atoms with Crippen molar-refractivity contribution in [2.24, 2.45) is 0 Å². The molecule has 0 aliphatic rings. The third-order valence-electron chi connectivity index (χ3n) is 2.48. The minimum Gasteiger partial charge on any atom is -0.481 e. The van der Waals surface area contributed by atoms with Gasteiger partial charge in [-0.2, -0.15) is 0 Å². The molecule has 0 fully saturated rings. The lowest BCUT2D eigenvalue weighted by Crippen LogP contribution is -2.40. The fourth-order valence-corrected chi connectivity index (χ4v) is 1.55. The number of carbonyl (C=O) groups excluding carboxylic acids is 1. The van der Waals surface area contributed by atoms with Gasteiger partial charge in [0.25, 0.3) is 0 Å². The van der Waals surface area contributed by atoms with Crippen LogP contribution >= 0.6 is 0 Å². The molecule has 0 radical (unpaired) electrons. The zero-order valence-corrected chi connectivity index (χ0v) is 11.4. The van der Waals surface area contributed by atoms with Crippen LogP contribution in [0.2, 0.25) is 0 Å². The van der Waals surface area contributed by atoms with E-state index in [4.69, 9.17) is 14.6 Å². The lowest BCUT2D eigenvalue weighted by Gasteiger charge is -2.16. The van der Waals surface area contributed by atoms with Gasteiger partial charge in [0.1, 0.15) is 6.61 Å². The van der Waals surface area contributed by atoms with Gasteiger partial charge >= 0.3 is 12.1 Å². The minimum absolute atomic E-state index is 0.140. The summed E-state index contributed by atoms with van der Waals surface area (Å²) in [7, 11) is 0. The quantitative estimate of drug-likeness (QED) is 0.759. The summed E-state index contributed by atoms with van der Waals surface area (Å²) >= 11 is 0. The number of alkyl carbamates (subject to hydrolysis) is 1. The van der Waals surface area contributed by atoms with Crippen LogP contribution in [0.4, 0.5) is 4.79 Å². The molecule has 0 aromatic heterocycles. The first kappa shape index (κ1) is 16.0. The van der Waals surface area contributed by atoms with Crippen molar-refractivity contribution in [3.63, 3.8) is 0 Å².